The van der Waals surface area contributed by atoms with Crippen LogP contribution in [0.1, 0.15) is 34.5 Å². The summed E-state index contributed by atoms with van der Waals surface area (Å²) < 4.78 is 0. The van der Waals surface area contributed by atoms with Gasteiger partial charge in [0.15, 0.2) is 0 Å². The van der Waals surface area contributed by atoms with Gasteiger partial charge in [0.2, 0.25) is 0 Å². The van der Waals surface area contributed by atoms with Gasteiger partial charge in [0.05, 0.1) is 6.04 Å². The molecule has 3 amide bonds. The first-order valence-corrected chi connectivity index (χ1v) is 9.63. The molecule has 0 bridgehead atoms. The number of benzene rings is 3. The lowest BCUT2D eigenvalue weighted by Crippen LogP contribution is -2.33. The minimum atomic E-state index is -0.352. The van der Waals surface area contributed by atoms with Crippen molar-refractivity contribution in [1.82, 2.24) is 10.6 Å². The highest BCUT2D eigenvalue weighted by Crippen LogP contribution is 2.25. The number of urea groups is 1. The molecule has 0 aliphatic carbocycles. The smallest absolute Gasteiger partial charge is 0.319 e. The minimum Gasteiger partial charge on any atom is -0.345 e. The van der Waals surface area contributed by atoms with E-state index in [9.17, 15) is 9.59 Å². The lowest BCUT2D eigenvalue weighted by molar-refractivity contribution is 0.0939. The second-order valence-corrected chi connectivity index (χ2v) is 6.96. The number of carbonyl (C=O) groups excluding carboxylic acids is 2. The molecule has 0 heterocycles. The Bertz CT molecular complexity index is 1030. The molecule has 0 aliphatic heterocycles. The van der Waals surface area contributed by atoms with E-state index < -0.39 is 0 Å². The number of amides is 3. The Balaban J connectivity index is 1.77. The molecule has 3 aromatic carbocycles. The summed E-state index contributed by atoms with van der Waals surface area (Å²) in [7, 11) is 0. The van der Waals surface area contributed by atoms with E-state index in [0.717, 1.165) is 21.9 Å². The zero-order valence-electron chi connectivity index (χ0n) is 16.7. The molecule has 0 radical (unpaired) electrons. The lowest BCUT2D eigenvalue weighted by atomic mass is 9.99. The Hall–Kier alpha value is -3.38. The fourth-order valence-corrected chi connectivity index (χ4v) is 3.29. The number of fused-ring (bicyclic) bond motifs is 1. The summed E-state index contributed by atoms with van der Waals surface area (Å²) in [5, 5.41) is 10.7. The van der Waals surface area contributed by atoms with Crippen molar-refractivity contribution in [2.45, 2.75) is 19.9 Å². The Kier molecular flexibility index (Phi) is 6.46. The molecule has 1 atom stereocenters. The summed E-state index contributed by atoms with van der Waals surface area (Å²) in [6.07, 6.45) is 0. The summed E-state index contributed by atoms with van der Waals surface area (Å²) in [6.45, 7) is 4.59. The molecule has 0 fully saturated rings. The van der Waals surface area contributed by atoms with E-state index in [4.69, 9.17) is 5.73 Å². The van der Waals surface area contributed by atoms with Crippen molar-refractivity contribution in [3.8, 4) is 0 Å². The summed E-state index contributed by atoms with van der Waals surface area (Å²) in [5.74, 6) is -0.186. The van der Waals surface area contributed by atoms with Gasteiger partial charge in [-0.15, -0.1) is 0 Å². The molecule has 29 heavy (non-hydrogen) atoms. The van der Waals surface area contributed by atoms with Gasteiger partial charge in [-0.2, -0.15) is 0 Å². The van der Waals surface area contributed by atoms with Crippen molar-refractivity contribution < 1.29 is 9.59 Å². The first-order valence-electron chi connectivity index (χ1n) is 9.63. The number of rotatable bonds is 6. The molecule has 5 N–H and O–H groups in total. The average Bonchev–Trinajstić information content (AvgIpc) is 2.73. The van der Waals surface area contributed by atoms with Gasteiger partial charge in [0.1, 0.15) is 0 Å². The van der Waals surface area contributed by atoms with Gasteiger partial charge in [-0.05, 0) is 47.9 Å². The van der Waals surface area contributed by atoms with Crippen molar-refractivity contribution in [3.63, 3.8) is 0 Å². The molecule has 0 saturated carbocycles. The molecular weight excluding hydrogens is 364 g/mol. The molecule has 0 saturated heterocycles. The van der Waals surface area contributed by atoms with Crippen LogP contribution < -0.4 is 21.7 Å². The highest BCUT2D eigenvalue weighted by atomic mass is 16.2. The van der Waals surface area contributed by atoms with E-state index in [1.807, 2.05) is 44.2 Å². The molecule has 0 aliphatic rings. The number of carbonyl (C=O) groups is 2. The predicted octanol–water partition coefficient (Wildman–Crippen LogP) is 3.72. The number of aryl methyl sites for hydroxylation is 1. The molecule has 0 spiro atoms. The van der Waals surface area contributed by atoms with Gasteiger partial charge in [0, 0.05) is 24.3 Å². The third-order valence-electron chi connectivity index (χ3n) is 4.81. The van der Waals surface area contributed by atoms with Gasteiger partial charge in [-0.25, -0.2) is 4.79 Å². The quantitative estimate of drug-likeness (QED) is 0.516. The fourth-order valence-electron chi connectivity index (χ4n) is 3.29. The normalized spacial score (nSPS) is 11.7. The van der Waals surface area contributed by atoms with Crippen molar-refractivity contribution in [1.29, 1.82) is 0 Å². The highest BCUT2D eigenvalue weighted by Gasteiger charge is 2.16. The second-order valence-electron chi connectivity index (χ2n) is 6.96. The Labute approximate surface area is 170 Å². The zero-order chi connectivity index (χ0) is 20.8. The Morgan fingerprint density at radius 2 is 1.79 bits per heavy atom. The van der Waals surface area contributed by atoms with Crippen LogP contribution in [0.3, 0.4) is 0 Å². The standard InChI is InChI=1S/C23H26N4O2/c1-15-10-11-18(27-23(29)25-13-12-24)14-21(15)22(28)26-16(2)19-9-5-7-17-6-3-4-8-20(17)19/h3-11,14,16H,12-13,24H2,1-2H3,(H,26,28)(H2,25,27,29)/t16-/m1/s1. The number of hydrogen-bond acceptors (Lipinski definition) is 3. The van der Waals surface area contributed by atoms with E-state index >= 15 is 0 Å². The van der Waals surface area contributed by atoms with Crippen LogP contribution in [0, 0.1) is 6.92 Å². The zero-order valence-corrected chi connectivity index (χ0v) is 16.7. The summed E-state index contributed by atoms with van der Waals surface area (Å²) >= 11 is 0. The van der Waals surface area contributed by atoms with Crippen LogP contribution in [0.5, 0.6) is 0 Å². The van der Waals surface area contributed by atoms with Gasteiger partial charge >= 0.3 is 6.03 Å². The average molecular weight is 390 g/mol. The number of nitrogens with one attached hydrogen (secondary N) is 3. The van der Waals surface area contributed by atoms with Crippen LogP contribution in [0.25, 0.3) is 10.8 Å². The summed E-state index contributed by atoms with van der Waals surface area (Å²) in [4.78, 5) is 24.8. The maximum Gasteiger partial charge on any atom is 0.319 e. The molecule has 3 rings (SSSR count). The van der Waals surface area contributed by atoms with Gasteiger partial charge < -0.3 is 21.7 Å². The monoisotopic (exact) mass is 390 g/mol. The minimum absolute atomic E-state index is 0.169. The molecule has 6 heteroatoms. The van der Waals surface area contributed by atoms with Crippen LogP contribution >= 0.6 is 0 Å². The topological polar surface area (TPSA) is 96.2 Å². The number of nitrogens with two attached hydrogens (primary N) is 1. The molecular formula is C23H26N4O2. The van der Waals surface area contributed by atoms with E-state index in [0.29, 0.717) is 24.3 Å². The van der Waals surface area contributed by atoms with Gasteiger partial charge in [-0.1, -0.05) is 48.5 Å². The molecule has 3 aromatic rings. The first-order chi connectivity index (χ1) is 14.0. The summed E-state index contributed by atoms with van der Waals surface area (Å²) in [6, 6.07) is 18.9. The number of hydrogen-bond donors (Lipinski definition) is 4. The molecule has 0 aromatic heterocycles. The molecule has 0 unspecified atom stereocenters. The van der Waals surface area contributed by atoms with Crippen LogP contribution in [0.4, 0.5) is 10.5 Å². The summed E-state index contributed by atoms with van der Waals surface area (Å²) in [5.41, 5.74) is 8.35. The van der Waals surface area contributed by atoms with Crippen molar-refractivity contribution in [2.75, 3.05) is 18.4 Å². The van der Waals surface area contributed by atoms with Crippen LogP contribution in [-0.2, 0) is 0 Å². The third-order valence-corrected chi connectivity index (χ3v) is 4.81. The van der Waals surface area contributed by atoms with E-state index in [1.54, 1.807) is 12.1 Å². The van der Waals surface area contributed by atoms with Crippen LogP contribution in [0.2, 0.25) is 0 Å². The third kappa shape index (κ3) is 4.92. The molecule has 150 valence electrons. The maximum absolute atomic E-state index is 12.9. The van der Waals surface area contributed by atoms with Crippen molar-refractivity contribution in [3.05, 3.63) is 77.4 Å². The Morgan fingerprint density at radius 3 is 2.59 bits per heavy atom. The van der Waals surface area contributed by atoms with E-state index in [2.05, 4.69) is 34.1 Å². The van der Waals surface area contributed by atoms with Crippen LogP contribution in [0.15, 0.2) is 60.7 Å². The fraction of sp³-hybridized carbons (Fsp3) is 0.217. The van der Waals surface area contributed by atoms with Crippen molar-refractivity contribution in [2.24, 2.45) is 5.73 Å². The van der Waals surface area contributed by atoms with Gasteiger partial charge in [-0.3, -0.25) is 4.79 Å². The van der Waals surface area contributed by atoms with E-state index in [-0.39, 0.29) is 18.0 Å². The maximum atomic E-state index is 12.9. The first kappa shape index (κ1) is 20.4. The van der Waals surface area contributed by atoms with Crippen molar-refractivity contribution >= 4 is 28.4 Å². The molecule has 6 nitrogen and oxygen atoms in total. The van der Waals surface area contributed by atoms with E-state index in [1.165, 1.54) is 0 Å². The SMILES string of the molecule is Cc1ccc(NC(=O)NCCN)cc1C(=O)N[C@H](C)c1cccc2ccccc12. The largest absolute Gasteiger partial charge is 0.345 e. The van der Waals surface area contributed by atoms with Crippen LogP contribution in [-0.4, -0.2) is 25.0 Å². The highest BCUT2D eigenvalue weighted by molar-refractivity contribution is 5.98. The van der Waals surface area contributed by atoms with Gasteiger partial charge in [0.25, 0.3) is 5.91 Å². The predicted molar refractivity (Wildman–Crippen MR) is 117 cm³/mol. The lowest BCUT2D eigenvalue weighted by Gasteiger charge is -2.18. The Morgan fingerprint density at radius 1 is 1.03 bits per heavy atom. The number of anilines is 1. The second kappa shape index (κ2) is 9.21.